The molecule has 0 N–H and O–H groups in total. The quantitative estimate of drug-likeness (QED) is 0.0204. The molecule has 0 aliphatic heterocycles. The van der Waals surface area contributed by atoms with Crippen LogP contribution in [0.15, 0.2) is 211 Å². The number of carbonyl (C=O) groups is 2. The van der Waals surface area contributed by atoms with Crippen LogP contribution in [0.1, 0.15) is 71.6 Å². The summed E-state index contributed by atoms with van der Waals surface area (Å²) in [5.41, 5.74) is 0. The van der Waals surface area contributed by atoms with Crippen molar-refractivity contribution in [2.45, 2.75) is 124 Å². The third-order valence-electron chi connectivity index (χ3n) is 15.7. The predicted octanol–water partition coefficient (Wildman–Crippen LogP) is 5.94. The molecule has 86 heavy (non-hydrogen) atoms. The second-order valence-electron chi connectivity index (χ2n) is 21.3. The smallest absolute Gasteiger partial charge is 1.00 e. The Labute approximate surface area is 550 Å². The zero-order valence-corrected chi connectivity index (χ0v) is 52.7. The fourth-order valence-corrected chi connectivity index (χ4v) is 17.5. The number of hydrogen-bond acceptors (Lipinski definition) is 12. The fourth-order valence-electron chi connectivity index (χ4n) is 12.9. The Hall–Kier alpha value is -3.25. The summed E-state index contributed by atoms with van der Waals surface area (Å²) in [4.78, 5) is 31.2. The molecule has 8 fully saturated rings. The molecule has 0 heterocycles. The molecule has 0 spiro atoms. The zero-order chi connectivity index (χ0) is 58.8. The molecule has 14 rings (SSSR count). The van der Waals surface area contributed by atoms with Gasteiger partial charge in [0.1, 0.15) is 36.3 Å². The van der Waals surface area contributed by atoms with Gasteiger partial charge in [-0.25, -0.2) is 9.59 Å². The normalized spacial score (nSPS) is 23.2. The first-order valence-electron chi connectivity index (χ1n) is 27.5. The van der Waals surface area contributed by atoms with Crippen molar-refractivity contribution >= 4 is 94.5 Å². The van der Waals surface area contributed by atoms with E-state index in [1.165, 1.54) is 49.3 Å². The molecule has 8 bridgehead atoms. The number of hydrogen-bond donors (Lipinski definition) is 0. The van der Waals surface area contributed by atoms with E-state index in [-0.39, 0.29) is 94.9 Å². The number of benzene rings is 6. The van der Waals surface area contributed by atoms with Gasteiger partial charge in [0.25, 0.3) is 0 Å². The molecule has 10 nitrogen and oxygen atoms in total. The van der Waals surface area contributed by atoms with Gasteiger partial charge in [0.2, 0.25) is 0 Å². The van der Waals surface area contributed by atoms with E-state index in [9.17, 15) is 37.7 Å². The van der Waals surface area contributed by atoms with Crippen LogP contribution in [0, 0.1) is 47.3 Å². The summed E-state index contributed by atoms with van der Waals surface area (Å²) in [7, 11) is 15.8. The average molecular weight is 1270 g/mol. The molecule has 6 aromatic carbocycles. The molecule has 0 atom stereocenters. The van der Waals surface area contributed by atoms with Gasteiger partial charge >= 0.3 is 52.0 Å². The van der Waals surface area contributed by atoms with Crippen LogP contribution in [0.4, 0.5) is 17.6 Å². The molecule has 25 heteroatoms. The fraction of sp³-hybridized carbons (Fsp3) is 0.377. The van der Waals surface area contributed by atoms with Gasteiger partial charge in [-0.1, -0.05) is 117 Å². The molecule has 6 aromatic rings. The second-order valence-corrected chi connectivity index (χ2v) is 27.0. The maximum absolute atomic E-state index is 13.4. The Bertz CT molecular complexity index is 2460. The van der Waals surface area contributed by atoms with E-state index in [2.05, 4.69) is 201 Å². The zero-order valence-electron chi connectivity index (χ0n) is 46.7. The van der Waals surface area contributed by atoms with E-state index in [1.807, 2.05) is 0 Å². The summed E-state index contributed by atoms with van der Waals surface area (Å²) in [6.07, 6.45) is 8.85. The Morgan fingerprint density at radius 1 is 0.453 bits per heavy atom. The van der Waals surface area contributed by atoms with Crippen LogP contribution in [-0.4, -0.2) is 71.3 Å². The first kappa shape index (κ1) is 73.5. The first-order chi connectivity index (χ1) is 40.2. The molecule has 8 aliphatic rings. The van der Waals surface area contributed by atoms with Crippen molar-refractivity contribution in [2.24, 2.45) is 47.3 Å². The van der Waals surface area contributed by atoms with E-state index < -0.39 is 65.1 Å². The minimum Gasteiger partial charge on any atom is -1.00 e. The Morgan fingerprint density at radius 3 is 0.826 bits per heavy atom. The number of ether oxygens (including phenoxy) is 2. The van der Waals surface area contributed by atoms with E-state index in [0.717, 1.165) is 51.4 Å². The maximum Gasteiger partial charge on any atom is 1.00 e. The molecule has 8 saturated carbocycles. The summed E-state index contributed by atoms with van der Waals surface area (Å²) in [6, 6.07) is 64.3. The van der Waals surface area contributed by atoms with Gasteiger partial charge < -0.3 is 32.4 Å². The Kier molecular flexibility index (Phi) is 31.2. The van der Waals surface area contributed by atoms with E-state index in [0.29, 0.717) is 23.7 Å². The van der Waals surface area contributed by atoms with Crippen LogP contribution in [0.25, 0.3) is 0 Å². The van der Waals surface area contributed by atoms with Crippen molar-refractivity contribution in [1.29, 1.82) is 0 Å². The standard InChI is InChI=1S/2C18H15S.2C12H16F2O5S.CH4.B5.ClH.Na/c2*1-4-10-16(11-5-1)19(17-12-6-2-7-13-17)18-14-8-3-9-15-18;2*13-12(14,20-19-18-16)11(15)17-10-8-2-6-1-7(4-8)5-9(10)3-6;;1-4-5(2)3;;/h2*1-15H;2*6-10,16H,1-5H2;1H4;;1H;/q2*+1;;;;;;+1/p-3. The summed E-state index contributed by atoms with van der Waals surface area (Å²) in [5.74, 6) is 0.160. The third-order valence-corrected chi connectivity index (χ3v) is 21.1. The molecule has 0 saturated heterocycles. The summed E-state index contributed by atoms with van der Waals surface area (Å²) in [5, 5.41) is 16.9. The molecule has 8 aliphatic carbocycles. The molecule has 7 radical (unpaired) electrons. The number of halogens is 5. The van der Waals surface area contributed by atoms with E-state index in [1.54, 1.807) is 0 Å². The summed E-state index contributed by atoms with van der Waals surface area (Å²) in [6.45, 7) is 0. The predicted molar refractivity (Wildman–Crippen MR) is 322 cm³/mol. The summed E-state index contributed by atoms with van der Waals surface area (Å²) >= 11 is -1.26. The van der Waals surface area contributed by atoms with Gasteiger partial charge in [-0.2, -0.15) is 26.2 Å². The molecule has 0 amide bonds. The van der Waals surface area contributed by atoms with Crippen LogP contribution < -0.4 is 52.5 Å². The Morgan fingerprint density at radius 2 is 0.651 bits per heavy atom. The largest absolute Gasteiger partial charge is 1.00 e. The topological polar surface area (TPSA) is 136 Å². The van der Waals surface area contributed by atoms with E-state index >= 15 is 0 Å². The van der Waals surface area contributed by atoms with Gasteiger partial charge in [0.05, 0.1) is 21.8 Å². The first-order valence-corrected chi connectivity index (χ1v) is 31.4. The van der Waals surface area contributed by atoms with Crippen molar-refractivity contribution in [1.82, 2.24) is 0 Å². The SMILES string of the molecule is C.O=C(OC1C2CC3CC(C2)CC1C3)C(F)(F)SOO[O-].O=C(OC1C2CC3CC(C2)CC1C3)C(F)(F)SOO[O-].[B][B]B([B])[B].[Cl-].[Na+].c1ccc([S+](c2ccccc2)c2ccccc2)cc1.c1ccc([S+](c2ccccc2)c2ccccc2)cc1. The van der Waals surface area contributed by atoms with Crippen molar-refractivity contribution < 1.29 is 108 Å². The second kappa shape index (κ2) is 36.6. The van der Waals surface area contributed by atoms with Gasteiger partial charge in [0.15, 0.2) is 29.4 Å². The molecule has 443 valence electrons. The van der Waals surface area contributed by atoms with Gasteiger partial charge in [-0.05, 0) is 184 Å². The van der Waals surface area contributed by atoms with Gasteiger partial charge in [0, 0.05) is 36.7 Å². The number of rotatable bonds is 17. The molecule has 0 unspecified atom stereocenters. The van der Waals surface area contributed by atoms with Crippen LogP contribution in [0.2, 0.25) is 0 Å². The van der Waals surface area contributed by atoms with Gasteiger partial charge in [-0.15, -0.1) is 0 Å². The van der Waals surface area contributed by atoms with Crippen LogP contribution in [-0.2, 0) is 59.6 Å². The number of alkyl halides is 4. The number of esters is 2. The molecular formula is C61H64B5ClF4NaO10S4. The molecular weight excluding hydrogens is 1210 g/mol. The summed E-state index contributed by atoms with van der Waals surface area (Å²) < 4.78 is 70.6. The Balaban J connectivity index is 0.000000201. The van der Waals surface area contributed by atoms with Crippen molar-refractivity contribution in [3.63, 3.8) is 0 Å². The minimum absolute atomic E-state index is 0. The van der Waals surface area contributed by atoms with Crippen molar-refractivity contribution in [3.8, 4) is 0 Å². The van der Waals surface area contributed by atoms with Crippen LogP contribution >= 0.6 is 24.1 Å². The monoisotopic (exact) mass is 1270 g/mol. The third kappa shape index (κ3) is 20.9. The van der Waals surface area contributed by atoms with Gasteiger partial charge in [-0.3, -0.25) is 10.1 Å². The minimum atomic E-state index is -3.93. The maximum atomic E-state index is 13.4. The van der Waals surface area contributed by atoms with E-state index in [4.69, 9.17) is 32.7 Å². The van der Waals surface area contributed by atoms with Crippen LogP contribution in [0.5, 0.6) is 0 Å². The molecule has 0 aromatic heterocycles. The van der Waals surface area contributed by atoms with Crippen molar-refractivity contribution in [2.75, 3.05) is 0 Å². The van der Waals surface area contributed by atoms with Crippen molar-refractivity contribution in [3.05, 3.63) is 182 Å². The van der Waals surface area contributed by atoms with Crippen LogP contribution in [0.3, 0.4) is 0 Å². The number of carbonyl (C=O) groups excluding carboxylic acids is 2. The average Bonchev–Trinajstić information content (AvgIpc) is 1.19.